The van der Waals surface area contributed by atoms with Gasteiger partial charge in [-0.1, -0.05) is 13.8 Å². The van der Waals surface area contributed by atoms with Gasteiger partial charge in [0.25, 0.3) is 0 Å². The highest BCUT2D eigenvalue weighted by atomic mass is 79.9. The van der Waals surface area contributed by atoms with Crippen LogP contribution in [0, 0.1) is 12.8 Å². The van der Waals surface area contributed by atoms with E-state index in [1.165, 1.54) is 0 Å². The number of nitrogens with two attached hydrogens (primary N) is 2. The molecule has 1 amide bonds. The van der Waals surface area contributed by atoms with E-state index in [-0.39, 0.29) is 11.8 Å². The summed E-state index contributed by atoms with van der Waals surface area (Å²) in [5, 5.41) is 3.14. The molecule has 1 atom stereocenters. The molecule has 0 saturated heterocycles. The SMILES string of the molecule is Cc1cc(NC(C(N)=O)C(C)C)c(Br)cc1N. The molecule has 5 N–H and O–H groups in total. The number of hydrogen-bond acceptors (Lipinski definition) is 3. The van der Waals surface area contributed by atoms with E-state index in [9.17, 15) is 4.79 Å². The summed E-state index contributed by atoms with van der Waals surface area (Å²) in [6.45, 7) is 5.81. The molecule has 0 aliphatic heterocycles. The van der Waals surface area contributed by atoms with Crippen molar-refractivity contribution in [3.05, 3.63) is 22.2 Å². The summed E-state index contributed by atoms with van der Waals surface area (Å²) < 4.78 is 0.826. The Morgan fingerprint density at radius 3 is 2.47 bits per heavy atom. The van der Waals surface area contributed by atoms with Gasteiger partial charge < -0.3 is 16.8 Å². The Hall–Kier alpha value is -1.23. The molecule has 4 nitrogen and oxygen atoms in total. The Balaban J connectivity index is 3.01. The van der Waals surface area contributed by atoms with E-state index in [0.29, 0.717) is 5.69 Å². The Kier molecular flexibility index (Phi) is 4.40. The number of rotatable bonds is 4. The minimum atomic E-state index is -0.394. The maximum atomic E-state index is 11.3. The number of benzene rings is 1. The first-order chi connectivity index (χ1) is 7.82. The molecule has 1 unspecified atom stereocenters. The van der Waals surface area contributed by atoms with Crippen LogP contribution in [0.4, 0.5) is 11.4 Å². The summed E-state index contributed by atoms with van der Waals surface area (Å²) in [5.74, 6) is -0.237. The summed E-state index contributed by atoms with van der Waals surface area (Å²) in [6, 6.07) is 3.32. The Morgan fingerprint density at radius 1 is 1.41 bits per heavy atom. The molecule has 0 bridgehead atoms. The minimum Gasteiger partial charge on any atom is -0.398 e. The zero-order chi connectivity index (χ0) is 13.2. The lowest BCUT2D eigenvalue weighted by atomic mass is 10.0. The molecule has 0 radical (unpaired) electrons. The van der Waals surface area contributed by atoms with Crippen LogP contribution in [0.5, 0.6) is 0 Å². The van der Waals surface area contributed by atoms with Gasteiger partial charge in [0.05, 0.1) is 0 Å². The monoisotopic (exact) mass is 299 g/mol. The number of amides is 1. The number of aryl methyl sites for hydroxylation is 1. The number of halogens is 1. The average Bonchev–Trinajstić information content (AvgIpc) is 2.20. The second-order valence-corrected chi connectivity index (χ2v) is 5.31. The fraction of sp³-hybridized carbons (Fsp3) is 0.417. The number of nitrogens with one attached hydrogen (secondary N) is 1. The van der Waals surface area contributed by atoms with Crippen molar-refractivity contribution >= 4 is 33.2 Å². The lowest BCUT2D eigenvalue weighted by molar-refractivity contribution is -0.119. The van der Waals surface area contributed by atoms with E-state index in [4.69, 9.17) is 11.5 Å². The topological polar surface area (TPSA) is 81.1 Å². The summed E-state index contributed by atoms with van der Waals surface area (Å²) >= 11 is 3.41. The second-order valence-electron chi connectivity index (χ2n) is 4.46. The van der Waals surface area contributed by atoms with Crippen LogP contribution in [-0.2, 0) is 4.79 Å². The van der Waals surface area contributed by atoms with Gasteiger partial charge in [-0.15, -0.1) is 0 Å². The van der Waals surface area contributed by atoms with Crippen LogP contribution in [-0.4, -0.2) is 11.9 Å². The van der Waals surface area contributed by atoms with Crippen LogP contribution in [0.1, 0.15) is 19.4 Å². The van der Waals surface area contributed by atoms with Gasteiger partial charge in [-0.3, -0.25) is 4.79 Å². The molecule has 5 heteroatoms. The zero-order valence-electron chi connectivity index (χ0n) is 10.3. The van der Waals surface area contributed by atoms with Gasteiger partial charge in [0.2, 0.25) is 5.91 Å². The maximum Gasteiger partial charge on any atom is 0.240 e. The second kappa shape index (κ2) is 5.40. The van der Waals surface area contributed by atoms with Crippen molar-refractivity contribution in [3.63, 3.8) is 0 Å². The van der Waals surface area contributed by atoms with Crippen LogP contribution in [0.25, 0.3) is 0 Å². The molecule has 17 heavy (non-hydrogen) atoms. The molecule has 0 aromatic heterocycles. The predicted octanol–water partition coefficient (Wildman–Crippen LogP) is 2.26. The predicted molar refractivity (Wildman–Crippen MR) is 74.7 cm³/mol. The van der Waals surface area contributed by atoms with Crippen molar-refractivity contribution in [1.29, 1.82) is 0 Å². The highest BCUT2D eigenvalue weighted by Gasteiger charge is 2.20. The third-order valence-electron chi connectivity index (χ3n) is 2.64. The van der Waals surface area contributed by atoms with Crippen molar-refractivity contribution in [2.45, 2.75) is 26.8 Å². The summed E-state index contributed by atoms with van der Waals surface area (Å²) in [7, 11) is 0. The standard InChI is InChI=1S/C12H18BrN3O/c1-6(2)11(12(15)17)16-10-4-7(3)9(14)5-8(10)13/h4-6,11,16H,14H2,1-3H3,(H2,15,17). The van der Waals surface area contributed by atoms with Gasteiger partial charge >= 0.3 is 0 Å². The third kappa shape index (κ3) is 3.36. The Labute approximate surface area is 110 Å². The van der Waals surface area contributed by atoms with Gasteiger partial charge in [0.15, 0.2) is 0 Å². The van der Waals surface area contributed by atoms with Crippen molar-refractivity contribution < 1.29 is 4.79 Å². The average molecular weight is 300 g/mol. The van der Waals surface area contributed by atoms with Crippen molar-refractivity contribution in [3.8, 4) is 0 Å². The van der Waals surface area contributed by atoms with Gasteiger partial charge in [-0.25, -0.2) is 0 Å². The molecule has 1 aromatic carbocycles. The number of anilines is 2. The van der Waals surface area contributed by atoms with Crippen LogP contribution in [0.3, 0.4) is 0 Å². The summed E-state index contributed by atoms with van der Waals surface area (Å²) in [4.78, 5) is 11.3. The van der Waals surface area contributed by atoms with E-state index in [1.54, 1.807) is 0 Å². The van der Waals surface area contributed by atoms with Gasteiger partial charge in [-0.05, 0) is 46.5 Å². The molecule has 0 fully saturated rings. The van der Waals surface area contributed by atoms with E-state index in [0.717, 1.165) is 15.7 Å². The van der Waals surface area contributed by atoms with Gasteiger partial charge in [0, 0.05) is 15.8 Å². The first-order valence-electron chi connectivity index (χ1n) is 5.44. The molecule has 0 aliphatic carbocycles. The molecular formula is C12H18BrN3O. The molecule has 1 rings (SSSR count). The molecule has 0 saturated carbocycles. The lowest BCUT2D eigenvalue weighted by Crippen LogP contribution is -2.39. The molecule has 0 aliphatic rings. The van der Waals surface area contributed by atoms with Crippen LogP contribution in [0.15, 0.2) is 16.6 Å². The normalized spacial score (nSPS) is 12.5. The quantitative estimate of drug-likeness (QED) is 0.746. The Bertz CT molecular complexity index is 432. The summed E-state index contributed by atoms with van der Waals surface area (Å²) in [6.07, 6.45) is 0. The van der Waals surface area contributed by atoms with E-state index in [1.807, 2.05) is 32.9 Å². The molecular weight excluding hydrogens is 282 g/mol. The highest BCUT2D eigenvalue weighted by molar-refractivity contribution is 9.10. The largest absolute Gasteiger partial charge is 0.398 e. The van der Waals surface area contributed by atoms with Crippen LogP contribution >= 0.6 is 15.9 Å². The molecule has 94 valence electrons. The van der Waals surface area contributed by atoms with E-state index >= 15 is 0 Å². The zero-order valence-corrected chi connectivity index (χ0v) is 11.8. The minimum absolute atomic E-state index is 0.122. The van der Waals surface area contributed by atoms with E-state index < -0.39 is 6.04 Å². The first kappa shape index (κ1) is 13.8. The summed E-state index contributed by atoms with van der Waals surface area (Å²) in [5.41, 5.74) is 13.7. The molecule has 1 aromatic rings. The number of carbonyl (C=O) groups is 1. The van der Waals surface area contributed by atoms with Crippen LogP contribution < -0.4 is 16.8 Å². The van der Waals surface area contributed by atoms with Gasteiger partial charge in [-0.2, -0.15) is 0 Å². The van der Waals surface area contributed by atoms with Crippen molar-refractivity contribution in [2.24, 2.45) is 11.7 Å². The number of nitrogen functional groups attached to an aromatic ring is 1. The molecule has 0 spiro atoms. The Morgan fingerprint density at radius 2 is 2.00 bits per heavy atom. The molecule has 0 heterocycles. The van der Waals surface area contributed by atoms with Crippen LogP contribution in [0.2, 0.25) is 0 Å². The lowest BCUT2D eigenvalue weighted by Gasteiger charge is -2.21. The maximum absolute atomic E-state index is 11.3. The number of carbonyl (C=O) groups excluding carboxylic acids is 1. The van der Waals surface area contributed by atoms with Crippen molar-refractivity contribution in [2.75, 3.05) is 11.1 Å². The third-order valence-corrected chi connectivity index (χ3v) is 3.30. The highest BCUT2D eigenvalue weighted by Crippen LogP contribution is 2.28. The van der Waals surface area contributed by atoms with E-state index in [2.05, 4.69) is 21.2 Å². The smallest absolute Gasteiger partial charge is 0.240 e. The van der Waals surface area contributed by atoms with Crippen molar-refractivity contribution in [1.82, 2.24) is 0 Å². The number of hydrogen-bond donors (Lipinski definition) is 3. The van der Waals surface area contributed by atoms with Gasteiger partial charge in [0.1, 0.15) is 6.04 Å². The fourth-order valence-electron chi connectivity index (χ4n) is 1.54. The fourth-order valence-corrected chi connectivity index (χ4v) is 2.02. The number of primary amides is 1. The first-order valence-corrected chi connectivity index (χ1v) is 6.23.